The van der Waals surface area contributed by atoms with Crippen molar-refractivity contribution >= 4 is 22.7 Å². The molecule has 1 saturated heterocycles. The molecular weight excluding hydrogens is 254 g/mol. The molecule has 1 amide bonds. The maximum atomic E-state index is 12.3. The third-order valence-electron chi connectivity index (χ3n) is 3.89. The molecule has 0 bridgehead atoms. The predicted octanol–water partition coefficient (Wildman–Crippen LogP) is 0.468. The van der Waals surface area contributed by atoms with Crippen molar-refractivity contribution < 1.29 is 18.9 Å². The van der Waals surface area contributed by atoms with Gasteiger partial charge in [0.2, 0.25) is 5.91 Å². The molecule has 1 N–H and O–H groups in total. The number of aliphatic carboxylic acids is 1. The zero-order valence-electron chi connectivity index (χ0n) is 10.3. The minimum atomic E-state index is -0.853. The Hall–Kier alpha value is -0.910. The Kier molecular flexibility index (Phi) is 4.37. The molecule has 0 unspecified atom stereocenters. The van der Waals surface area contributed by atoms with Gasteiger partial charge < -0.3 is 10.0 Å². The van der Waals surface area contributed by atoms with E-state index >= 15 is 0 Å². The molecule has 0 aromatic rings. The van der Waals surface area contributed by atoms with Crippen LogP contribution >= 0.6 is 0 Å². The second-order valence-corrected chi connectivity index (χ2v) is 6.71. The van der Waals surface area contributed by atoms with E-state index in [-0.39, 0.29) is 11.8 Å². The first-order chi connectivity index (χ1) is 8.59. The molecule has 2 aliphatic rings. The Morgan fingerprint density at radius 1 is 1.06 bits per heavy atom. The van der Waals surface area contributed by atoms with E-state index in [2.05, 4.69) is 0 Å². The summed E-state index contributed by atoms with van der Waals surface area (Å²) in [4.78, 5) is 25.2. The van der Waals surface area contributed by atoms with Gasteiger partial charge in [0.1, 0.15) is 0 Å². The summed E-state index contributed by atoms with van der Waals surface area (Å²) in [5.74, 6) is -0.749. The summed E-state index contributed by atoms with van der Waals surface area (Å²) < 4.78 is 11.3. The third-order valence-corrected chi connectivity index (χ3v) is 5.17. The first kappa shape index (κ1) is 13.5. The molecule has 0 spiro atoms. The molecule has 0 aromatic heterocycles. The van der Waals surface area contributed by atoms with Crippen molar-refractivity contribution in [3.05, 3.63) is 0 Å². The lowest BCUT2D eigenvalue weighted by Crippen LogP contribution is -2.47. The third kappa shape index (κ3) is 2.91. The maximum Gasteiger partial charge on any atom is 0.307 e. The van der Waals surface area contributed by atoms with Crippen LogP contribution in [0.2, 0.25) is 0 Å². The molecule has 1 aliphatic heterocycles. The number of hydrogen-bond donors (Lipinski definition) is 1. The molecule has 1 saturated carbocycles. The topological polar surface area (TPSA) is 74.7 Å². The van der Waals surface area contributed by atoms with Gasteiger partial charge in [-0.05, 0) is 12.8 Å². The number of carboxylic acids is 1. The Balaban J connectivity index is 2.02. The van der Waals surface area contributed by atoms with Gasteiger partial charge in [-0.25, -0.2) is 0 Å². The van der Waals surface area contributed by atoms with Gasteiger partial charge in [-0.3, -0.25) is 13.8 Å². The van der Waals surface area contributed by atoms with Crippen LogP contribution in [0.1, 0.15) is 25.7 Å². The van der Waals surface area contributed by atoms with Gasteiger partial charge in [-0.2, -0.15) is 0 Å². The fourth-order valence-electron chi connectivity index (χ4n) is 2.81. The molecule has 102 valence electrons. The van der Waals surface area contributed by atoms with Crippen LogP contribution in [0.25, 0.3) is 0 Å². The summed E-state index contributed by atoms with van der Waals surface area (Å²) in [5, 5.41) is 9.18. The van der Waals surface area contributed by atoms with E-state index in [4.69, 9.17) is 0 Å². The van der Waals surface area contributed by atoms with Crippen molar-refractivity contribution in [3.63, 3.8) is 0 Å². The number of hydrogen-bond acceptors (Lipinski definition) is 3. The summed E-state index contributed by atoms with van der Waals surface area (Å²) in [7, 11) is -0.810. The Labute approximate surface area is 109 Å². The number of carboxylic acid groups (broad SMARTS) is 1. The van der Waals surface area contributed by atoms with Crippen molar-refractivity contribution in [1.82, 2.24) is 4.90 Å². The lowest BCUT2D eigenvalue weighted by molar-refractivity contribution is -0.152. The lowest BCUT2D eigenvalue weighted by Gasteiger charge is -2.34. The molecule has 2 atom stereocenters. The van der Waals surface area contributed by atoms with Gasteiger partial charge in [0.05, 0.1) is 11.8 Å². The summed E-state index contributed by atoms with van der Waals surface area (Å²) in [5.41, 5.74) is 0. The number of carbonyl (C=O) groups is 2. The van der Waals surface area contributed by atoms with Crippen LogP contribution in [0.15, 0.2) is 0 Å². The van der Waals surface area contributed by atoms with Crippen molar-refractivity contribution in [2.24, 2.45) is 11.8 Å². The predicted molar refractivity (Wildman–Crippen MR) is 67.5 cm³/mol. The fourth-order valence-corrected chi connectivity index (χ4v) is 3.87. The average Bonchev–Trinajstić information content (AvgIpc) is 2.39. The number of amides is 1. The second kappa shape index (κ2) is 5.82. The maximum absolute atomic E-state index is 12.3. The zero-order chi connectivity index (χ0) is 13.1. The highest BCUT2D eigenvalue weighted by atomic mass is 32.2. The van der Waals surface area contributed by atoms with Crippen LogP contribution in [0.4, 0.5) is 0 Å². The van der Waals surface area contributed by atoms with Crippen molar-refractivity contribution in [2.45, 2.75) is 25.7 Å². The minimum Gasteiger partial charge on any atom is -0.481 e. The van der Waals surface area contributed by atoms with Crippen LogP contribution in [-0.4, -0.2) is 50.7 Å². The molecule has 6 heteroatoms. The average molecular weight is 273 g/mol. The van der Waals surface area contributed by atoms with Crippen LogP contribution < -0.4 is 0 Å². The minimum absolute atomic E-state index is 0.0428. The monoisotopic (exact) mass is 273 g/mol. The number of nitrogens with zero attached hydrogens (tertiary/aromatic N) is 1. The van der Waals surface area contributed by atoms with Crippen molar-refractivity contribution in [3.8, 4) is 0 Å². The van der Waals surface area contributed by atoms with Crippen LogP contribution in [0, 0.1) is 11.8 Å². The highest BCUT2D eigenvalue weighted by Crippen LogP contribution is 2.31. The van der Waals surface area contributed by atoms with E-state index < -0.39 is 22.7 Å². The number of carbonyl (C=O) groups excluding carboxylic acids is 1. The van der Waals surface area contributed by atoms with E-state index in [0.29, 0.717) is 37.4 Å². The van der Waals surface area contributed by atoms with Gasteiger partial charge >= 0.3 is 5.97 Å². The van der Waals surface area contributed by atoms with Crippen molar-refractivity contribution in [1.29, 1.82) is 0 Å². The molecule has 2 fully saturated rings. The largest absolute Gasteiger partial charge is 0.481 e. The zero-order valence-corrected chi connectivity index (χ0v) is 11.2. The number of rotatable bonds is 2. The molecule has 0 aromatic carbocycles. The molecule has 5 nitrogen and oxygen atoms in total. The van der Waals surface area contributed by atoms with E-state index in [1.165, 1.54) is 0 Å². The summed E-state index contributed by atoms with van der Waals surface area (Å²) in [6.45, 7) is 1.02. The molecular formula is C12H19NO4S. The van der Waals surface area contributed by atoms with Gasteiger partial charge in [0.25, 0.3) is 0 Å². The molecule has 1 heterocycles. The molecule has 1 aliphatic carbocycles. The fraction of sp³-hybridized carbons (Fsp3) is 0.833. The van der Waals surface area contributed by atoms with Gasteiger partial charge in [0.15, 0.2) is 0 Å². The van der Waals surface area contributed by atoms with E-state index in [1.807, 2.05) is 0 Å². The Morgan fingerprint density at radius 2 is 1.61 bits per heavy atom. The highest BCUT2D eigenvalue weighted by molar-refractivity contribution is 7.85. The molecule has 18 heavy (non-hydrogen) atoms. The second-order valence-electron chi connectivity index (χ2n) is 5.01. The molecule has 2 rings (SSSR count). The first-order valence-corrected chi connectivity index (χ1v) is 7.95. The lowest BCUT2D eigenvalue weighted by atomic mass is 9.78. The van der Waals surface area contributed by atoms with Crippen molar-refractivity contribution in [2.75, 3.05) is 24.6 Å². The van der Waals surface area contributed by atoms with Crippen LogP contribution in [0.5, 0.6) is 0 Å². The van der Waals surface area contributed by atoms with E-state index in [9.17, 15) is 18.9 Å². The van der Waals surface area contributed by atoms with E-state index in [0.717, 1.165) is 12.8 Å². The normalized spacial score (nSPS) is 30.1. The van der Waals surface area contributed by atoms with Gasteiger partial charge in [-0.15, -0.1) is 0 Å². The smallest absolute Gasteiger partial charge is 0.307 e. The Morgan fingerprint density at radius 3 is 2.17 bits per heavy atom. The van der Waals surface area contributed by atoms with Crippen LogP contribution in [-0.2, 0) is 20.4 Å². The molecule has 0 radical (unpaired) electrons. The standard InChI is InChI=1S/C12H19NO4S/c14-11(13-5-7-18(17)8-6-13)9-3-1-2-4-10(9)12(15)16/h9-10H,1-8H2,(H,15,16)/t9-,10+/m1/s1. The Bertz CT molecular complexity index is 361. The van der Waals surface area contributed by atoms with Gasteiger partial charge in [0, 0.05) is 35.4 Å². The summed E-state index contributed by atoms with van der Waals surface area (Å²) in [6, 6.07) is 0. The summed E-state index contributed by atoms with van der Waals surface area (Å²) in [6.07, 6.45) is 3.10. The quantitative estimate of drug-likeness (QED) is 0.793. The van der Waals surface area contributed by atoms with E-state index in [1.54, 1.807) is 4.90 Å². The van der Waals surface area contributed by atoms with Crippen LogP contribution in [0.3, 0.4) is 0 Å². The highest BCUT2D eigenvalue weighted by Gasteiger charge is 2.38. The summed E-state index contributed by atoms with van der Waals surface area (Å²) >= 11 is 0. The van der Waals surface area contributed by atoms with Gasteiger partial charge in [-0.1, -0.05) is 12.8 Å². The SMILES string of the molecule is O=C(O)[C@H]1CCCC[C@H]1C(=O)N1CCS(=O)CC1. The first-order valence-electron chi connectivity index (χ1n) is 6.46.